The lowest BCUT2D eigenvalue weighted by atomic mass is 9.45. The molecular weight excluding hydrogens is 288 g/mol. The van der Waals surface area contributed by atoms with Crippen molar-refractivity contribution in [2.45, 2.75) is 66.2 Å². The van der Waals surface area contributed by atoms with Crippen LogP contribution in [-0.4, -0.2) is 23.3 Å². The molecule has 0 unspecified atom stereocenters. The van der Waals surface area contributed by atoms with Gasteiger partial charge in [-0.3, -0.25) is 9.59 Å². The number of rotatable bonds is 2. The van der Waals surface area contributed by atoms with E-state index >= 15 is 0 Å². The van der Waals surface area contributed by atoms with Gasteiger partial charge in [0.25, 0.3) is 0 Å². The lowest BCUT2D eigenvalue weighted by molar-refractivity contribution is -0.144. The summed E-state index contributed by atoms with van der Waals surface area (Å²) in [4.78, 5) is 24.6. The molecule has 0 heterocycles. The molecule has 2 saturated carbocycles. The van der Waals surface area contributed by atoms with Crippen molar-refractivity contribution < 1.29 is 14.7 Å². The molecule has 0 aromatic heterocycles. The molecule has 0 aromatic rings. The zero-order chi connectivity index (χ0) is 17.0. The number of Topliss-reactive ketones (excluding diaryl/α,β-unsaturated/α-hetero) is 2. The zero-order valence-electron chi connectivity index (χ0n) is 14.9. The number of hydrogen-bond acceptors (Lipinski definition) is 3. The number of aliphatic hydroxyl groups excluding tert-OH is 1. The van der Waals surface area contributed by atoms with Gasteiger partial charge in [0.15, 0.2) is 5.78 Å². The van der Waals surface area contributed by atoms with E-state index < -0.39 is 5.41 Å². The Kier molecular flexibility index (Phi) is 3.87. The number of allylic oxidation sites excluding steroid dienone is 2. The summed E-state index contributed by atoms with van der Waals surface area (Å²) >= 11 is 0. The van der Waals surface area contributed by atoms with E-state index in [9.17, 15) is 14.7 Å². The highest BCUT2D eigenvalue weighted by atomic mass is 16.3. The van der Waals surface area contributed by atoms with E-state index in [0.29, 0.717) is 24.0 Å². The van der Waals surface area contributed by atoms with Gasteiger partial charge < -0.3 is 5.11 Å². The summed E-state index contributed by atoms with van der Waals surface area (Å²) in [6.45, 7) is 8.28. The predicted octanol–water partition coefficient (Wildman–Crippen LogP) is 3.70. The molecule has 0 saturated heterocycles. The SMILES string of the molecule is CC1(C)C(=O)CC[C@]2(C)[C@H]3CC[C@](C)(C(=O)CO)CC3=CC[C@@H]12. The van der Waals surface area contributed by atoms with E-state index in [4.69, 9.17) is 0 Å². The minimum Gasteiger partial charge on any atom is -0.389 e. The van der Waals surface area contributed by atoms with Gasteiger partial charge in [-0.2, -0.15) is 0 Å². The monoisotopic (exact) mass is 318 g/mol. The third-order valence-electron chi connectivity index (χ3n) is 7.53. The molecule has 0 radical (unpaired) electrons. The van der Waals surface area contributed by atoms with Crippen molar-refractivity contribution in [3.63, 3.8) is 0 Å². The van der Waals surface area contributed by atoms with Gasteiger partial charge in [0.1, 0.15) is 12.4 Å². The Bertz CT molecular complexity index is 573. The van der Waals surface area contributed by atoms with Crippen LogP contribution in [-0.2, 0) is 9.59 Å². The minimum absolute atomic E-state index is 0.0247. The van der Waals surface area contributed by atoms with E-state index in [-0.39, 0.29) is 23.2 Å². The summed E-state index contributed by atoms with van der Waals surface area (Å²) in [5.74, 6) is 1.28. The number of aliphatic hydroxyl groups is 1. The fourth-order valence-electron chi connectivity index (χ4n) is 5.86. The predicted molar refractivity (Wildman–Crippen MR) is 89.9 cm³/mol. The third-order valence-corrected chi connectivity index (χ3v) is 7.53. The van der Waals surface area contributed by atoms with Gasteiger partial charge in [0.2, 0.25) is 0 Å². The first-order valence-corrected chi connectivity index (χ1v) is 9.01. The van der Waals surface area contributed by atoms with Crippen LogP contribution < -0.4 is 0 Å². The van der Waals surface area contributed by atoms with E-state index in [1.807, 2.05) is 6.92 Å². The zero-order valence-corrected chi connectivity index (χ0v) is 14.9. The first-order valence-electron chi connectivity index (χ1n) is 9.01. The van der Waals surface area contributed by atoms with Crippen molar-refractivity contribution in [3.05, 3.63) is 11.6 Å². The lowest BCUT2D eigenvalue weighted by Crippen LogP contribution is -2.54. The maximum absolute atomic E-state index is 12.4. The van der Waals surface area contributed by atoms with E-state index in [2.05, 4.69) is 26.8 Å². The van der Waals surface area contributed by atoms with Gasteiger partial charge in [-0.05, 0) is 49.4 Å². The molecule has 3 heteroatoms. The van der Waals surface area contributed by atoms with Gasteiger partial charge in [0.05, 0.1) is 0 Å². The van der Waals surface area contributed by atoms with Gasteiger partial charge in [-0.25, -0.2) is 0 Å². The second-order valence-electron chi connectivity index (χ2n) is 9.13. The summed E-state index contributed by atoms with van der Waals surface area (Å²) in [7, 11) is 0. The molecule has 128 valence electrons. The molecular formula is C20H30O3. The number of carbonyl (C=O) groups excluding carboxylic acids is 2. The summed E-state index contributed by atoms with van der Waals surface area (Å²) in [6, 6.07) is 0. The van der Waals surface area contributed by atoms with E-state index in [1.165, 1.54) is 5.57 Å². The first-order chi connectivity index (χ1) is 10.6. The quantitative estimate of drug-likeness (QED) is 0.790. The Morgan fingerprint density at radius 2 is 1.96 bits per heavy atom. The Hall–Kier alpha value is -0.960. The van der Waals surface area contributed by atoms with Gasteiger partial charge >= 0.3 is 0 Å². The fraction of sp³-hybridized carbons (Fsp3) is 0.800. The molecule has 3 aliphatic carbocycles. The number of fused-ring (bicyclic) bond motifs is 3. The molecule has 3 nitrogen and oxygen atoms in total. The molecule has 3 rings (SSSR count). The maximum Gasteiger partial charge on any atom is 0.164 e. The normalized spacial score (nSPS) is 42.5. The second kappa shape index (κ2) is 5.27. The topological polar surface area (TPSA) is 54.4 Å². The number of carbonyl (C=O) groups is 2. The Morgan fingerprint density at radius 3 is 2.61 bits per heavy atom. The number of hydrogen-bond donors (Lipinski definition) is 1. The van der Waals surface area contributed by atoms with Crippen LogP contribution in [0.4, 0.5) is 0 Å². The van der Waals surface area contributed by atoms with Crippen molar-refractivity contribution >= 4 is 11.6 Å². The smallest absolute Gasteiger partial charge is 0.164 e. The van der Waals surface area contributed by atoms with Crippen molar-refractivity contribution in [1.82, 2.24) is 0 Å². The third kappa shape index (κ3) is 2.34. The Morgan fingerprint density at radius 1 is 1.26 bits per heavy atom. The van der Waals surface area contributed by atoms with Gasteiger partial charge in [-0.1, -0.05) is 39.3 Å². The molecule has 4 atom stereocenters. The van der Waals surface area contributed by atoms with Gasteiger partial charge in [-0.15, -0.1) is 0 Å². The molecule has 0 spiro atoms. The highest BCUT2D eigenvalue weighted by Crippen LogP contribution is 2.62. The average molecular weight is 318 g/mol. The standard InChI is InChI=1S/C20H30O3/c1-18(2)15-6-5-13-11-19(3,17(23)12-21)9-7-14(13)20(15,4)10-8-16(18)22/h5,14-15,21H,6-12H2,1-4H3/t14-,15-,19-,20+/m0/s1. The van der Waals surface area contributed by atoms with Crippen molar-refractivity contribution in [2.24, 2.45) is 28.1 Å². The molecule has 1 N–H and O–H groups in total. The molecule has 23 heavy (non-hydrogen) atoms. The molecule has 0 aromatic carbocycles. The van der Waals surface area contributed by atoms with Crippen LogP contribution in [0.1, 0.15) is 66.2 Å². The summed E-state index contributed by atoms with van der Waals surface area (Å²) in [6.07, 6.45) is 7.58. The van der Waals surface area contributed by atoms with Crippen molar-refractivity contribution in [2.75, 3.05) is 6.61 Å². The molecule has 0 aliphatic heterocycles. The number of ketones is 2. The van der Waals surface area contributed by atoms with Crippen LogP contribution in [0.2, 0.25) is 0 Å². The largest absolute Gasteiger partial charge is 0.389 e. The van der Waals surface area contributed by atoms with Crippen LogP contribution in [0.3, 0.4) is 0 Å². The summed E-state index contributed by atoms with van der Waals surface area (Å²) in [5.41, 5.74) is 0.937. The Balaban J connectivity index is 1.93. The summed E-state index contributed by atoms with van der Waals surface area (Å²) < 4.78 is 0. The van der Waals surface area contributed by atoms with Crippen LogP contribution in [0.25, 0.3) is 0 Å². The van der Waals surface area contributed by atoms with E-state index in [0.717, 1.165) is 32.1 Å². The summed E-state index contributed by atoms with van der Waals surface area (Å²) in [5, 5.41) is 9.28. The lowest BCUT2D eigenvalue weighted by Gasteiger charge is -2.58. The van der Waals surface area contributed by atoms with Crippen LogP contribution >= 0.6 is 0 Å². The van der Waals surface area contributed by atoms with Gasteiger partial charge in [0, 0.05) is 17.3 Å². The van der Waals surface area contributed by atoms with Crippen LogP contribution in [0.5, 0.6) is 0 Å². The molecule has 3 aliphatic rings. The average Bonchev–Trinajstić information content (AvgIpc) is 2.50. The second-order valence-corrected chi connectivity index (χ2v) is 9.13. The first kappa shape index (κ1) is 16.9. The molecule has 0 bridgehead atoms. The minimum atomic E-state index is -0.402. The maximum atomic E-state index is 12.4. The van der Waals surface area contributed by atoms with Crippen molar-refractivity contribution in [3.8, 4) is 0 Å². The fourth-order valence-corrected chi connectivity index (χ4v) is 5.86. The molecule has 2 fully saturated rings. The van der Waals surface area contributed by atoms with Crippen LogP contribution in [0, 0.1) is 28.1 Å². The highest BCUT2D eigenvalue weighted by molar-refractivity contribution is 5.86. The van der Waals surface area contributed by atoms with Crippen molar-refractivity contribution in [1.29, 1.82) is 0 Å². The molecule has 0 amide bonds. The van der Waals surface area contributed by atoms with Crippen LogP contribution in [0.15, 0.2) is 11.6 Å². The highest BCUT2D eigenvalue weighted by Gasteiger charge is 2.57. The van der Waals surface area contributed by atoms with E-state index in [1.54, 1.807) is 0 Å². The Labute approximate surface area is 139 Å².